The highest BCUT2D eigenvalue weighted by atomic mass is 16.8. The van der Waals surface area contributed by atoms with E-state index in [-0.39, 0.29) is 6.54 Å². The molecule has 388 valence electrons. The fourth-order valence-corrected chi connectivity index (χ4v) is 8.63. The zero-order valence-electron chi connectivity index (χ0n) is 36.5. The highest BCUT2D eigenvalue weighted by Crippen LogP contribution is 2.36. The lowest BCUT2D eigenvalue weighted by Gasteiger charge is -2.50. The van der Waals surface area contributed by atoms with Gasteiger partial charge in [0.2, 0.25) is 5.91 Å². The molecule has 1 aromatic rings. The first-order valence-corrected chi connectivity index (χ1v) is 21.7. The predicted octanol–water partition coefficient (Wildman–Crippen LogP) is -9.23. The molecule has 0 aromatic heterocycles. The number of aliphatic hydroxyl groups is 16. The van der Waals surface area contributed by atoms with E-state index in [1.165, 1.54) is 6.92 Å². The number of nitrogens with zero attached hydrogens (tertiary/aromatic N) is 1. The standard InChI is InChI=1S/C41H63NO26/c1-3-15-4-6-16(7-5-15)8-42(14(2)48)37-28(55)24(51)33(18(10-44)60-37)65-39-30(57)26(53)35(20(12-46)62-39)67-41-32(59)27(54)36(21(13-47)64-41)68-40-31(58)25(52)34(19(11-45)63-40)66-38-29(56)23(50)22(49)17(9-43)61-38/h3-7,17-41,43-47,49-59H,1,8-13H2,2H3/t17-,18-,19-,20-,21-,22-,23+,24-,25-,26-,27-,28-,29-,30-,31-,32-,33-,34-,35-,36-,37+,38-,39-,40-,41-/m1/s1. The average Bonchev–Trinajstić information content (AvgIpc) is 3.33. The minimum absolute atomic E-state index is 0.0762. The van der Waals surface area contributed by atoms with Crippen LogP contribution in [0.1, 0.15) is 18.1 Å². The summed E-state index contributed by atoms with van der Waals surface area (Å²) in [6.45, 7) is 0.247. The number of aliphatic hydroxyl groups excluding tert-OH is 16. The molecule has 25 atom stereocenters. The van der Waals surface area contributed by atoms with Crippen molar-refractivity contribution in [2.45, 2.75) is 167 Å². The van der Waals surface area contributed by atoms with Gasteiger partial charge in [0.1, 0.15) is 122 Å². The van der Waals surface area contributed by atoms with Gasteiger partial charge in [-0.15, -0.1) is 0 Å². The van der Waals surface area contributed by atoms with Gasteiger partial charge >= 0.3 is 0 Å². The molecule has 6 rings (SSSR count). The van der Waals surface area contributed by atoms with Gasteiger partial charge in [0, 0.05) is 13.5 Å². The first kappa shape index (κ1) is 54.8. The van der Waals surface area contributed by atoms with E-state index >= 15 is 0 Å². The molecule has 68 heavy (non-hydrogen) atoms. The summed E-state index contributed by atoms with van der Waals surface area (Å²) in [6, 6.07) is 6.92. The Morgan fingerprint density at radius 2 is 0.809 bits per heavy atom. The van der Waals surface area contributed by atoms with Gasteiger partial charge in [-0.05, 0) is 11.1 Å². The number of ether oxygens (including phenoxy) is 9. The SMILES string of the molecule is C=Cc1ccc(CN(C(C)=O)[C@H]2O[C@H](CO)[C@@H](O[C@H]3O[C@H](CO)[C@@H](O[C@H]4O[C@H](CO)[C@@H](O[C@H]5O[C@H](CO)[C@@H](O[C@H]6O[C@H](CO)[C@@H](O)[C@H](O)[C@H]6O)[C@H](O)[C@H]5O)[C@H](O)[C@H]4O)[C@H](O)[C@H]3O)[C@H](O)[C@H]2O)cc1. The topological polar surface area (TPSA) is 427 Å². The first-order chi connectivity index (χ1) is 32.3. The van der Waals surface area contributed by atoms with E-state index in [2.05, 4.69) is 6.58 Å². The Bertz CT molecular complexity index is 1740. The highest BCUT2D eigenvalue weighted by Gasteiger charge is 2.57. The second-order valence-electron chi connectivity index (χ2n) is 17.0. The van der Waals surface area contributed by atoms with Crippen LogP contribution >= 0.6 is 0 Å². The highest BCUT2D eigenvalue weighted by molar-refractivity contribution is 5.73. The predicted molar refractivity (Wildman–Crippen MR) is 217 cm³/mol. The van der Waals surface area contributed by atoms with E-state index in [1.54, 1.807) is 30.3 Å². The molecule has 1 aromatic carbocycles. The zero-order valence-corrected chi connectivity index (χ0v) is 36.5. The third-order valence-corrected chi connectivity index (χ3v) is 12.6. The van der Waals surface area contributed by atoms with Gasteiger partial charge in [0.15, 0.2) is 31.4 Å². The summed E-state index contributed by atoms with van der Waals surface area (Å²) in [5.41, 5.74) is 1.43. The molecule has 5 saturated heterocycles. The molecule has 5 fully saturated rings. The van der Waals surface area contributed by atoms with Crippen molar-refractivity contribution in [1.29, 1.82) is 0 Å². The van der Waals surface area contributed by atoms with E-state index in [1.807, 2.05) is 0 Å². The van der Waals surface area contributed by atoms with Crippen molar-refractivity contribution in [3.05, 3.63) is 42.0 Å². The summed E-state index contributed by atoms with van der Waals surface area (Å²) in [4.78, 5) is 13.9. The minimum Gasteiger partial charge on any atom is -0.394 e. The average molecular weight is 986 g/mol. The second-order valence-corrected chi connectivity index (χ2v) is 17.0. The summed E-state index contributed by atoms with van der Waals surface area (Å²) < 4.78 is 50.7. The van der Waals surface area contributed by atoms with Gasteiger partial charge in [-0.3, -0.25) is 4.79 Å². The Balaban J connectivity index is 1.08. The molecule has 27 heteroatoms. The maximum Gasteiger partial charge on any atom is 0.221 e. The van der Waals surface area contributed by atoms with Crippen LogP contribution in [-0.4, -0.2) is 279 Å². The van der Waals surface area contributed by atoms with Crippen LogP contribution in [0.4, 0.5) is 0 Å². The Morgan fingerprint density at radius 3 is 1.15 bits per heavy atom. The molecule has 0 spiro atoms. The van der Waals surface area contributed by atoms with Crippen LogP contribution in [0.5, 0.6) is 0 Å². The molecule has 5 aliphatic heterocycles. The molecule has 0 saturated carbocycles. The molecule has 0 bridgehead atoms. The Hall–Kier alpha value is -2.57. The zero-order chi connectivity index (χ0) is 49.9. The molecule has 5 heterocycles. The van der Waals surface area contributed by atoms with E-state index in [0.717, 1.165) is 10.5 Å². The van der Waals surface area contributed by atoms with Crippen molar-refractivity contribution in [1.82, 2.24) is 4.90 Å². The quantitative estimate of drug-likeness (QED) is 0.0689. The monoisotopic (exact) mass is 985 g/mol. The van der Waals surface area contributed by atoms with Gasteiger partial charge in [0.25, 0.3) is 0 Å². The first-order valence-electron chi connectivity index (χ1n) is 21.7. The summed E-state index contributed by atoms with van der Waals surface area (Å²) in [5.74, 6) is -0.559. The molecule has 16 N–H and O–H groups in total. The third kappa shape index (κ3) is 11.4. The smallest absolute Gasteiger partial charge is 0.221 e. The maximum absolute atomic E-state index is 12.8. The van der Waals surface area contributed by atoms with E-state index in [0.29, 0.717) is 5.56 Å². The van der Waals surface area contributed by atoms with Crippen molar-refractivity contribution in [3.8, 4) is 0 Å². The molecule has 5 aliphatic rings. The normalized spacial score (nSPS) is 45.7. The summed E-state index contributed by atoms with van der Waals surface area (Å²) in [7, 11) is 0. The lowest BCUT2D eigenvalue weighted by molar-refractivity contribution is -0.392. The van der Waals surface area contributed by atoms with E-state index < -0.39 is 192 Å². The largest absolute Gasteiger partial charge is 0.394 e. The number of hydrogen-bond donors (Lipinski definition) is 16. The van der Waals surface area contributed by atoms with Gasteiger partial charge in [-0.1, -0.05) is 36.9 Å². The maximum atomic E-state index is 12.8. The second kappa shape index (κ2) is 23.8. The molecule has 0 aliphatic carbocycles. The fraction of sp³-hybridized carbons (Fsp3) is 0.780. The van der Waals surface area contributed by atoms with Gasteiger partial charge in [-0.25, -0.2) is 0 Å². The van der Waals surface area contributed by atoms with Crippen molar-refractivity contribution in [3.63, 3.8) is 0 Å². The number of carbonyl (C=O) groups is 1. The molecule has 0 radical (unpaired) electrons. The number of hydrogen-bond acceptors (Lipinski definition) is 26. The van der Waals surface area contributed by atoms with Crippen molar-refractivity contribution < 1.29 is 129 Å². The van der Waals surface area contributed by atoms with E-state index in [4.69, 9.17) is 42.6 Å². The van der Waals surface area contributed by atoms with Crippen LogP contribution in [0, 0.1) is 0 Å². The Morgan fingerprint density at radius 1 is 0.485 bits per heavy atom. The van der Waals surface area contributed by atoms with Crippen LogP contribution < -0.4 is 0 Å². The van der Waals surface area contributed by atoms with Gasteiger partial charge in [-0.2, -0.15) is 0 Å². The molecule has 27 nitrogen and oxygen atoms in total. The molecule has 1 amide bonds. The van der Waals surface area contributed by atoms with Crippen LogP contribution in [0.2, 0.25) is 0 Å². The number of carbonyl (C=O) groups excluding carboxylic acids is 1. The fourth-order valence-electron chi connectivity index (χ4n) is 8.63. The van der Waals surface area contributed by atoms with Crippen LogP contribution in [-0.2, 0) is 54.0 Å². The number of amides is 1. The molecule has 0 unspecified atom stereocenters. The Kier molecular flexibility index (Phi) is 19.1. The summed E-state index contributed by atoms with van der Waals surface area (Å²) in [5, 5.41) is 170. The molecular formula is C41H63NO26. The summed E-state index contributed by atoms with van der Waals surface area (Å²) in [6.07, 6.45) is -44.3. The van der Waals surface area contributed by atoms with Crippen LogP contribution in [0.15, 0.2) is 30.8 Å². The third-order valence-electron chi connectivity index (χ3n) is 12.6. The van der Waals surface area contributed by atoms with Gasteiger partial charge in [0.05, 0.1) is 33.0 Å². The van der Waals surface area contributed by atoms with Crippen LogP contribution in [0.25, 0.3) is 6.08 Å². The van der Waals surface area contributed by atoms with Crippen molar-refractivity contribution in [2.24, 2.45) is 0 Å². The Labute approximate surface area is 387 Å². The molecular weight excluding hydrogens is 922 g/mol. The van der Waals surface area contributed by atoms with Gasteiger partial charge < -0.3 is 129 Å². The lowest BCUT2D eigenvalue weighted by atomic mass is 9.95. The van der Waals surface area contributed by atoms with E-state index in [9.17, 15) is 86.5 Å². The van der Waals surface area contributed by atoms with Crippen molar-refractivity contribution in [2.75, 3.05) is 33.0 Å². The number of benzene rings is 1. The van der Waals surface area contributed by atoms with Crippen molar-refractivity contribution >= 4 is 12.0 Å². The number of rotatable bonds is 17. The summed E-state index contributed by atoms with van der Waals surface area (Å²) >= 11 is 0. The van der Waals surface area contributed by atoms with Crippen LogP contribution in [0.3, 0.4) is 0 Å². The lowest BCUT2D eigenvalue weighted by Crippen LogP contribution is -2.68. The minimum atomic E-state index is -2.14.